The Morgan fingerprint density at radius 2 is 1.54 bits per heavy atom. The summed E-state index contributed by atoms with van der Waals surface area (Å²) in [6.45, 7) is 3.67. The summed E-state index contributed by atoms with van der Waals surface area (Å²) in [5.74, 6) is 0.270. The zero-order valence-corrected chi connectivity index (χ0v) is 15.3. The lowest BCUT2D eigenvalue weighted by molar-refractivity contribution is -0.601. The van der Waals surface area contributed by atoms with E-state index >= 15 is 0 Å². The summed E-state index contributed by atoms with van der Waals surface area (Å²) < 4.78 is 42.6. The number of aromatic nitrogens is 3. The largest absolute Gasteiger partial charge is 0.416 e. The molecular formula is C22H17F3N3+. The summed E-state index contributed by atoms with van der Waals surface area (Å²) in [6.07, 6.45) is 0.437. The first kappa shape index (κ1) is 18.1. The summed E-state index contributed by atoms with van der Waals surface area (Å²) in [4.78, 5) is 8.30. The van der Waals surface area contributed by atoms with E-state index in [1.54, 1.807) is 17.6 Å². The molecule has 0 radical (unpaired) electrons. The van der Waals surface area contributed by atoms with Crippen LogP contribution in [0.25, 0.3) is 27.8 Å². The standard InChI is InChI=1S/C22H17F3N3/c1-14-10-16-6-3-4-7-17(16)13-28(14)20-12-18(22(23,24)25)11-19(15(20)2)21-26-8-5-9-27-21/h3-13H,1-2H3/q+1. The highest BCUT2D eigenvalue weighted by atomic mass is 19.4. The van der Waals surface area contributed by atoms with Gasteiger partial charge < -0.3 is 0 Å². The zero-order valence-electron chi connectivity index (χ0n) is 15.3. The third-order valence-electron chi connectivity index (χ3n) is 4.78. The fraction of sp³-hybridized carbons (Fsp3) is 0.136. The van der Waals surface area contributed by atoms with Crippen molar-refractivity contribution in [3.63, 3.8) is 0 Å². The third kappa shape index (κ3) is 3.22. The Hall–Kier alpha value is -3.28. The minimum Gasteiger partial charge on any atom is -0.237 e. The first-order valence-electron chi connectivity index (χ1n) is 8.75. The number of hydrogen-bond acceptors (Lipinski definition) is 2. The first-order valence-corrected chi connectivity index (χ1v) is 8.75. The van der Waals surface area contributed by atoms with Gasteiger partial charge in [0.15, 0.2) is 17.7 Å². The Morgan fingerprint density at radius 3 is 2.21 bits per heavy atom. The molecule has 2 aromatic carbocycles. The SMILES string of the molecule is Cc1c(-c2ncccn2)cc(C(F)(F)F)cc1-[n+]1cc2ccccc2cc1C. The summed E-state index contributed by atoms with van der Waals surface area (Å²) in [6, 6.07) is 13.7. The Morgan fingerprint density at radius 1 is 0.857 bits per heavy atom. The molecule has 0 saturated carbocycles. The maximum Gasteiger partial charge on any atom is 0.416 e. The summed E-state index contributed by atoms with van der Waals surface area (Å²) in [5, 5.41) is 1.98. The zero-order chi connectivity index (χ0) is 19.9. The molecule has 0 aliphatic rings. The Balaban J connectivity index is 2.03. The normalized spacial score (nSPS) is 11.8. The molecule has 0 saturated heterocycles. The monoisotopic (exact) mass is 380 g/mol. The van der Waals surface area contributed by atoms with Gasteiger partial charge in [-0.05, 0) is 30.5 Å². The molecule has 140 valence electrons. The van der Waals surface area contributed by atoms with Gasteiger partial charge in [0.2, 0.25) is 5.69 Å². The number of halogens is 3. The van der Waals surface area contributed by atoms with Gasteiger partial charge in [0.25, 0.3) is 0 Å². The van der Waals surface area contributed by atoms with E-state index in [2.05, 4.69) is 9.97 Å². The predicted octanol–water partition coefficient (Wildman–Crippen LogP) is 5.21. The van der Waals surface area contributed by atoms with Crippen molar-refractivity contribution in [1.82, 2.24) is 9.97 Å². The summed E-state index contributed by atoms with van der Waals surface area (Å²) in [5.41, 5.74) is 1.62. The van der Waals surface area contributed by atoms with Crippen LogP contribution < -0.4 is 4.57 Å². The predicted molar refractivity (Wildman–Crippen MR) is 101 cm³/mol. The Kier molecular flexibility index (Phi) is 4.34. The summed E-state index contributed by atoms with van der Waals surface area (Å²) in [7, 11) is 0. The van der Waals surface area contributed by atoms with Gasteiger partial charge in [-0.2, -0.15) is 17.7 Å². The Labute approximate surface area is 160 Å². The average molecular weight is 380 g/mol. The lowest BCUT2D eigenvalue weighted by Crippen LogP contribution is -2.35. The lowest BCUT2D eigenvalue weighted by atomic mass is 10.0. The number of nitrogens with zero attached hydrogens (tertiary/aromatic N) is 3. The minimum absolute atomic E-state index is 0.270. The number of rotatable bonds is 2. The van der Waals surface area contributed by atoms with Gasteiger partial charge in [-0.25, -0.2) is 9.97 Å². The fourth-order valence-corrected chi connectivity index (χ4v) is 3.34. The van der Waals surface area contributed by atoms with Crippen molar-refractivity contribution < 1.29 is 17.7 Å². The number of alkyl halides is 3. The van der Waals surface area contributed by atoms with Crippen LogP contribution in [0.1, 0.15) is 16.8 Å². The number of hydrogen-bond donors (Lipinski definition) is 0. The molecule has 4 rings (SSSR count). The van der Waals surface area contributed by atoms with E-state index in [0.29, 0.717) is 16.8 Å². The van der Waals surface area contributed by atoms with Crippen LogP contribution in [0.5, 0.6) is 0 Å². The number of aryl methyl sites for hydroxylation is 1. The van der Waals surface area contributed by atoms with Crippen LogP contribution in [-0.2, 0) is 6.18 Å². The molecule has 0 spiro atoms. The second-order valence-electron chi connectivity index (χ2n) is 6.65. The molecule has 6 heteroatoms. The molecule has 0 atom stereocenters. The van der Waals surface area contributed by atoms with Gasteiger partial charge in [0.1, 0.15) is 0 Å². The molecule has 0 fully saturated rings. The Bertz CT molecular complexity index is 1170. The maximum atomic E-state index is 13.6. The molecule has 2 heterocycles. The number of benzene rings is 2. The quantitative estimate of drug-likeness (QED) is 0.447. The van der Waals surface area contributed by atoms with Crippen LogP contribution in [0.2, 0.25) is 0 Å². The molecule has 0 aliphatic heterocycles. The van der Waals surface area contributed by atoms with Gasteiger partial charge in [0.05, 0.1) is 5.56 Å². The number of fused-ring (bicyclic) bond motifs is 1. The minimum atomic E-state index is -4.47. The highest BCUT2D eigenvalue weighted by Crippen LogP contribution is 2.35. The van der Waals surface area contributed by atoms with Crippen molar-refractivity contribution in [3.8, 4) is 17.1 Å². The van der Waals surface area contributed by atoms with Crippen molar-refractivity contribution >= 4 is 10.8 Å². The molecule has 4 aromatic rings. The van der Waals surface area contributed by atoms with Gasteiger partial charge in [-0.3, -0.25) is 0 Å². The van der Waals surface area contributed by atoms with Gasteiger partial charge in [-0.15, -0.1) is 0 Å². The van der Waals surface area contributed by atoms with Crippen LogP contribution in [0, 0.1) is 13.8 Å². The van der Waals surface area contributed by atoms with E-state index in [-0.39, 0.29) is 5.82 Å². The molecule has 0 unspecified atom stereocenters. The third-order valence-corrected chi connectivity index (χ3v) is 4.78. The smallest absolute Gasteiger partial charge is 0.237 e. The van der Waals surface area contributed by atoms with E-state index in [1.807, 2.05) is 43.5 Å². The van der Waals surface area contributed by atoms with Crippen molar-refractivity contribution in [2.45, 2.75) is 20.0 Å². The molecule has 0 N–H and O–H groups in total. The lowest BCUT2D eigenvalue weighted by Gasteiger charge is -2.13. The van der Waals surface area contributed by atoms with E-state index in [1.165, 1.54) is 18.5 Å². The van der Waals surface area contributed by atoms with Crippen molar-refractivity contribution in [1.29, 1.82) is 0 Å². The van der Waals surface area contributed by atoms with Crippen LogP contribution >= 0.6 is 0 Å². The highest BCUT2D eigenvalue weighted by Gasteiger charge is 2.34. The molecule has 0 bridgehead atoms. The molecular weight excluding hydrogens is 363 g/mol. The van der Waals surface area contributed by atoms with Crippen LogP contribution in [-0.4, -0.2) is 9.97 Å². The average Bonchev–Trinajstić information content (AvgIpc) is 2.67. The molecule has 0 aliphatic carbocycles. The molecule has 28 heavy (non-hydrogen) atoms. The van der Waals surface area contributed by atoms with E-state index in [0.717, 1.165) is 22.5 Å². The molecule has 3 nitrogen and oxygen atoms in total. The van der Waals surface area contributed by atoms with Crippen molar-refractivity contribution in [3.05, 3.63) is 83.9 Å². The highest BCUT2D eigenvalue weighted by molar-refractivity contribution is 5.81. The molecule has 0 amide bonds. The van der Waals surface area contributed by atoms with E-state index < -0.39 is 11.7 Å². The van der Waals surface area contributed by atoms with E-state index in [9.17, 15) is 13.2 Å². The van der Waals surface area contributed by atoms with Crippen molar-refractivity contribution in [2.24, 2.45) is 0 Å². The number of pyridine rings is 1. The van der Waals surface area contributed by atoms with Crippen LogP contribution in [0.15, 0.2) is 67.1 Å². The fourth-order valence-electron chi connectivity index (χ4n) is 3.34. The van der Waals surface area contributed by atoms with E-state index in [4.69, 9.17) is 0 Å². The second-order valence-corrected chi connectivity index (χ2v) is 6.65. The van der Waals surface area contributed by atoms with Gasteiger partial charge in [-0.1, -0.05) is 18.2 Å². The summed E-state index contributed by atoms with van der Waals surface area (Å²) >= 11 is 0. The van der Waals surface area contributed by atoms with Gasteiger partial charge in [0, 0.05) is 48.0 Å². The van der Waals surface area contributed by atoms with Crippen LogP contribution in [0.4, 0.5) is 13.2 Å². The topological polar surface area (TPSA) is 29.7 Å². The second kappa shape index (κ2) is 6.71. The van der Waals surface area contributed by atoms with Crippen molar-refractivity contribution in [2.75, 3.05) is 0 Å². The van der Waals surface area contributed by atoms with Crippen LogP contribution in [0.3, 0.4) is 0 Å². The molecule has 2 aromatic heterocycles. The maximum absolute atomic E-state index is 13.6. The van der Waals surface area contributed by atoms with Gasteiger partial charge >= 0.3 is 6.18 Å². The first-order chi connectivity index (χ1) is 13.3.